The Labute approximate surface area is 164 Å². The van der Waals surface area contributed by atoms with Crippen molar-refractivity contribution in [2.45, 2.75) is 20.5 Å². The van der Waals surface area contributed by atoms with Gasteiger partial charge in [-0.25, -0.2) is 19.4 Å². The fraction of sp³-hybridized carbons (Fsp3) is 0.294. The molecule has 0 bridgehead atoms. The van der Waals surface area contributed by atoms with Crippen LogP contribution in [0.15, 0.2) is 18.3 Å². The van der Waals surface area contributed by atoms with Crippen LogP contribution in [0.1, 0.15) is 49.8 Å². The Bertz CT molecular complexity index is 867. The highest BCUT2D eigenvalue weighted by atomic mass is 35.5. The summed E-state index contributed by atoms with van der Waals surface area (Å²) in [7, 11) is 0. The van der Waals surface area contributed by atoms with Crippen LogP contribution in [-0.2, 0) is 20.8 Å². The molecule has 0 saturated carbocycles. The van der Waals surface area contributed by atoms with Crippen molar-refractivity contribution >= 4 is 45.8 Å². The number of hydrogen-bond donors (Lipinski definition) is 1. The Morgan fingerprint density at radius 1 is 1.11 bits per heavy atom. The van der Waals surface area contributed by atoms with Crippen molar-refractivity contribution in [3.05, 3.63) is 45.1 Å². The number of hydrogen-bond acceptors (Lipinski definition) is 9. The summed E-state index contributed by atoms with van der Waals surface area (Å²) >= 11 is 6.74. The highest BCUT2D eigenvalue weighted by Gasteiger charge is 2.28. The van der Waals surface area contributed by atoms with Crippen molar-refractivity contribution < 1.29 is 28.6 Å². The van der Waals surface area contributed by atoms with Gasteiger partial charge in [0.25, 0.3) is 0 Å². The quantitative estimate of drug-likeness (QED) is 0.418. The number of nitrogen functional groups attached to an aromatic ring is 1. The molecule has 0 atom stereocenters. The predicted octanol–water partition coefficient (Wildman–Crippen LogP) is 3.09. The zero-order valence-electron chi connectivity index (χ0n) is 14.6. The van der Waals surface area contributed by atoms with Gasteiger partial charge in [-0.1, -0.05) is 11.6 Å². The summed E-state index contributed by atoms with van der Waals surface area (Å²) in [5.41, 5.74) is 6.05. The molecule has 2 N–H and O–H groups in total. The second kappa shape index (κ2) is 9.33. The van der Waals surface area contributed by atoms with E-state index in [-0.39, 0.29) is 51.5 Å². The van der Waals surface area contributed by atoms with E-state index in [1.807, 2.05) is 0 Å². The lowest BCUT2D eigenvalue weighted by atomic mass is 10.1. The van der Waals surface area contributed by atoms with Crippen molar-refractivity contribution in [3.63, 3.8) is 0 Å². The van der Waals surface area contributed by atoms with Crippen molar-refractivity contribution in [3.8, 4) is 0 Å². The monoisotopic (exact) mass is 412 g/mol. The number of nitrogens with zero attached hydrogens (tertiary/aromatic N) is 1. The molecule has 0 spiro atoms. The van der Waals surface area contributed by atoms with Gasteiger partial charge in [-0.2, -0.15) is 0 Å². The van der Waals surface area contributed by atoms with Crippen molar-refractivity contribution in [1.82, 2.24) is 4.98 Å². The van der Waals surface area contributed by atoms with Crippen LogP contribution in [0.3, 0.4) is 0 Å². The van der Waals surface area contributed by atoms with Crippen LogP contribution >= 0.6 is 22.9 Å². The lowest BCUT2D eigenvalue weighted by molar-refractivity contribution is 0.0437. The maximum atomic E-state index is 12.3. The molecule has 0 amide bonds. The largest absolute Gasteiger partial charge is 0.462 e. The van der Waals surface area contributed by atoms with Crippen molar-refractivity contribution in [2.75, 3.05) is 18.9 Å². The minimum atomic E-state index is -0.762. The van der Waals surface area contributed by atoms with Crippen LogP contribution in [0.25, 0.3) is 0 Å². The van der Waals surface area contributed by atoms with Gasteiger partial charge in [0, 0.05) is 11.8 Å². The van der Waals surface area contributed by atoms with Gasteiger partial charge in [0.05, 0.1) is 18.8 Å². The molecule has 0 aliphatic heterocycles. The number of ether oxygens (including phenoxy) is 3. The number of carbonyl (C=O) groups is 3. The molecule has 2 rings (SSSR count). The molecule has 0 aromatic carbocycles. The smallest absolute Gasteiger partial charge is 0.348 e. The molecule has 0 aliphatic rings. The van der Waals surface area contributed by atoms with E-state index in [9.17, 15) is 14.4 Å². The standard InChI is InChI=1S/C17H17ClN2O6S/c1-3-24-16(22)11-10(12(27-14(11)19)17(23)25-4-2)8-26-15(21)9-6-5-7-20-13(9)18/h5-7H,3-4,8,19H2,1-2H3. The normalized spacial score (nSPS) is 10.3. The average molecular weight is 413 g/mol. The second-order valence-electron chi connectivity index (χ2n) is 5.01. The number of carbonyl (C=O) groups excluding carboxylic acids is 3. The highest BCUT2D eigenvalue weighted by Crippen LogP contribution is 2.33. The predicted molar refractivity (Wildman–Crippen MR) is 99.0 cm³/mol. The first kappa shape index (κ1) is 20.7. The number of anilines is 1. The van der Waals surface area contributed by atoms with Gasteiger partial charge in [-0.3, -0.25) is 0 Å². The third kappa shape index (κ3) is 4.75. The molecule has 27 heavy (non-hydrogen) atoms. The summed E-state index contributed by atoms with van der Waals surface area (Å²) in [6.45, 7) is 3.14. The molecule has 2 heterocycles. The van der Waals surface area contributed by atoms with Gasteiger partial charge in [0.1, 0.15) is 27.2 Å². The third-order valence-corrected chi connectivity index (χ3v) is 4.64. The van der Waals surface area contributed by atoms with Gasteiger partial charge in [0.15, 0.2) is 0 Å². The summed E-state index contributed by atoms with van der Waals surface area (Å²) in [5, 5.41) is 0.0468. The second-order valence-corrected chi connectivity index (χ2v) is 6.42. The first-order chi connectivity index (χ1) is 12.9. The number of rotatable bonds is 7. The lowest BCUT2D eigenvalue weighted by Crippen LogP contribution is -2.14. The Kier molecular flexibility index (Phi) is 7.14. The third-order valence-electron chi connectivity index (χ3n) is 3.30. The van der Waals surface area contributed by atoms with E-state index in [0.717, 1.165) is 11.3 Å². The van der Waals surface area contributed by atoms with Gasteiger partial charge >= 0.3 is 17.9 Å². The molecule has 8 nitrogen and oxygen atoms in total. The maximum Gasteiger partial charge on any atom is 0.348 e. The molecular formula is C17H17ClN2O6S. The van der Waals surface area contributed by atoms with E-state index >= 15 is 0 Å². The first-order valence-electron chi connectivity index (χ1n) is 7.93. The molecule has 0 aliphatic carbocycles. The Morgan fingerprint density at radius 2 is 1.78 bits per heavy atom. The number of thiophene rings is 1. The number of nitrogens with two attached hydrogens (primary N) is 1. The summed E-state index contributed by atoms with van der Waals surface area (Å²) < 4.78 is 15.2. The van der Waals surface area contributed by atoms with Crippen molar-refractivity contribution in [2.24, 2.45) is 0 Å². The van der Waals surface area contributed by atoms with E-state index in [0.29, 0.717) is 0 Å². The highest BCUT2D eigenvalue weighted by molar-refractivity contribution is 7.18. The maximum absolute atomic E-state index is 12.3. The van der Waals surface area contributed by atoms with Gasteiger partial charge in [0.2, 0.25) is 0 Å². The minimum absolute atomic E-state index is 0.0185. The van der Waals surface area contributed by atoms with E-state index in [2.05, 4.69) is 4.98 Å². The van der Waals surface area contributed by atoms with Crippen LogP contribution in [0, 0.1) is 0 Å². The first-order valence-corrected chi connectivity index (χ1v) is 9.13. The number of halogens is 1. The topological polar surface area (TPSA) is 118 Å². The zero-order valence-corrected chi connectivity index (χ0v) is 16.2. The summed E-state index contributed by atoms with van der Waals surface area (Å²) in [4.78, 5) is 40.5. The molecule has 0 unspecified atom stereocenters. The molecule has 2 aromatic heterocycles. The molecule has 0 fully saturated rings. The van der Waals surface area contributed by atoms with Crippen LogP contribution in [0.5, 0.6) is 0 Å². The van der Waals surface area contributed by atoms with Gasteiger partial charge in [-0.05, 0) is 26.0 Å². The van der Waals surface area contributed by atoms with Crippen LogP contribution in [0.4, 0.5) is 5.00 Å². The van der Waals surface area contributed by atoms with Gasteiger partial charge < -0.3 is 19.9 Å². The molecule has 0 radical (unpaired) electrons. The van der Waals surface area contributed by atoms with E-state index in [1.54, 1.807) is 13.8 Å². The summed E-state index contributed by atoms with van der Waals surface area (Å²) in [5.74, 6) is -2.15. The van der Waals surface area contributed by atoms with Crippen LogP contribution < -0.4 is 5.73 Å². The lowest BCUT2D eigenvalue weighted by Gasteiger charge is -2.09. The summed E-state index contributed by atoms with van der Waals surface area (Å²) in [6.07, 6.45) is 1.43. The van der Waals surface area contributed by atoms with Crippen molar-refractivity contribution in [1.29, 1.82) is 0 Å². The molecule has 144 valence electrons. The minimum Gasteiger partial charge on any atom is -0.462 e. The Hall–Kier alpha value is -2.65. The van der Waals surface area contributed by atoms with E-state index < -0.39 is 17.9 Å². The van der Waals surface area contributed by atoms with Crippen LogP contribution in [0.2, 0.25) is 5.15 Å². The average Bonchev–Trinajstić information content (AvgIpc) is 2.97. The molecule has 10 heteroatoms. The van der Waals surface area contributed by atoms with Gasteiger partial charge in [-0.15, -0.1) is 11.3 Å². The molecule has 0 saturated heterocycles. The summed E-state index contributed by atoms with van der Waals surface area (Å²) in [6, 6.07) is 2.97. The number of esters is 3. The van der Waals surface area contributed by atoms with E-state index in [4.69, 9.17) is 31.5 Å². The van der Waals surface area contributed by atoms with Crippen LogP contribution in [-0.4, -0.2) is 36.1 Å². The zero-order chi connectivity index (χ0) is 20.0. The Morgan fingerprint density at radius 3 is 2.41 bits per heavy atom. The Balaban J connectivity index is 2.34. The number of pyridine rings is 1. The fourth-order valence-corrected chi connectivity index (χ4v) is 3.32. The molecule has 2 aromatic rings. The number of aromatic nitrogens is 1. The SMILES string of the molecule is CCOC(=O)c1sc(N)c(C(=O)OCC)c1COC(=O)c1cccnc1Cl. The molecular weight excluding hydrogens is 396 g/mol. The van der Waals surface area contributed by atoms with E-state index in [1.165, 1.54) is 18.3 Å². The fourth-order valence-electron chi connectivity index (χ4n) is 2.16.